The van der Waals surface area contributed by atoms with E-state index in [0.717, 1.165) is 5.69 Å². The van der Waals surface area contributed by atoms with Crippen molar-refractivity contribution in [2.45, 2.75) is 53.0 Å². The highest BCUT2D eigenvalue weighted by molar-refractivity contribution is 5.41. The molecule has 0 aliphatic heterocycles. The summed E-state index contributed by atoms with van der Waals surface area (Å²) in [4.78, 5) is 4.16. The topological polar surface area (TPSA) is 24.9 Å². The third-order valence-corrected chi connectivity index (χ3v) is 3.59. The van der Waals surface area contributed by atoms with Gasteiger partial charge in [0.1, 0.15) is 0 Å². The minimum atomic E-state index is 0.432. The summed E-state index contributed by atoms with van der Waals surface area (Å²) in [5, 5.41) is 3.63. The monoisotopic (exact) mass is 232 g/mol. The Hall–Kier alpha value is -1.05. The van der Waals surface area contributed by atoms with Crippen LogP contribution in [0.2, 0.25) is 0 Å². The zero-order valence-electron chi connectivity index (χ0n) is 11.5. The summed E-state index contributed by atoms with van der Waals surface area (Å²) in [6, 6.07) is 4.65. The Morgan fingerprint density at radius 2 is 1.82 bits per heavy atom. The molecule has 1 aliphatic rings. The maximum atomic E-state index is 4.16. The molecule has 1 aromatic rings. The van der Waals surface area contributed by atoms with Crippen molar-refractivity contribution < 1.29 is 0 Å². The van der Waals surface area contributed by atoms with Crippen LogP contribution in [0.15, 0.2) is 24.5 Å². The van der Waals surface area contributed by atoms with E-state index >= 15 is 0 Å². The van der Waals surface area contributed by atoms with E-state index in [9.17, 15) is 0 Å². The molecule has 2 rings (SSSR count). The first-order valence-electron chi connectivity index (χ1n) is 6.53. The van der Waals surface area contributed by atoms with Crippen LogP contribution in [-0.4, -0.2) is 11.0 Å². The summed E-state index contributed by atoms with van der Waals surface area (Å²) in [5.74, 6) is 0. The van der Waals surface area contributed by atoms with Gasteiger partial charge in [0, 0.05) is 18.4 Å². The average Bonchev–Trinajstić information content (AvgIpc) is 2.13. The number of rotatable bonds is 2. The average molecular weight is 232 g/mol. The molecule has 2 heteroatoms. The smallest absolute Gasteiger partial charge is 0.0528 e. The summed E-state index contributed by atoms with van der Waals surface area (Å²) in [5.41, 5.74) is 2.01. The third kappa shape index (κ3) is 3.45. The van der Waals surface area contributed by atoms with E-state index in [2.05, 4.69) is 44.1 Å². The maximum absolute atomic E-state index is 4.16. The van der Waals surface area contributed by atoms with E-state index in [-0.39, 0.29) is 0 Å². The fraction of sp³-hybridized carbons (Fsp3) is 0.667. The summed E-state index contributed by atoms with van der Waals surface area (Å²) in [6.45, 7) is 9.52. The van der Waals surface area contributed by atoms with Crippen molar-refractivity contribution in [3.05, 3.63) is 24.5 Å². The van der Waals surface area contributed by atoms with Crippen LogP contribution in [0.25, 0.3) is 0 Å². The third-order valence-electron chi connectivity index (χ3n) is 3.59. The molecule has 0 unspecified atom stereocenters. The summed E-state index contributed by atoms with van der Waals surface area (Å²) < 4.78 is 0. The van der Waals surface area contributed by atoms with E-state index in [0.29, 0.717) is 16.9 Å². The number of pyridine rings is 1. The fourth-order valence-electron chi connectivity index (χ4n) is 3.63. The minimum Gasteiger partial charge on any atom is -0.381 e. The molecule has 0 atom stereocenters. The molecule has 0 saturated heterocycles. The van der Waals surface area contributed by atoms with Crippen LogP contribution in [0.1, 0.15) is 47.0 Å². The molecular formula is C15H24N2. The molecule has 1 heterocycles. The standard InChI is InChI=1S/C15H24N2/c1-14(2)8-13(9-15(3,4)11-14)17-12-6-5-7-16-10-12/h5-7,10,13,17H,8-9,11H2,1-4H3. The summed E-state index contributed by atoms with van der Waals surface area (Å²) in [7, 11) is 0. The van der Waals surface area contributed by atoms with Crippen LogP contribution in [0, 0.1) is 10.8 Å². The van der Waals surface area contributed by atoms with Crippen molar-refractivity contribution >= 4 is 5.69 Å². The Labute approximate surface area is 105 Å². The summed E-state index contributed by atoms with van der Waals surface area (Å²) in [6.07, 6.45) is 7.52. The normalized spacial score (nSPS) is 23.3. The molecule has 2 nitrogen and oxygen atoms in total. The molecule has 17 heavy (non-hydrogen) atoms. The highest BCUT2D eigenvalue weighted by Crippen LogP contribution is 2.46. The molecule has 1 aliphatic carbocycles. The van der Waals surface area contributed by atoms with Gasteiger partial charge in [0.25, 0.3) is 0 Å². The van der Waals surface area contributed by atoms with Gasteiger partial charge < -0.3 is 5.32 Å². The van der Waals surface area contributed by atoms with Gasteiger partial charge in [0.15, 0.2) is 0 Å². The van der Waals surface area contributed by atoms with Gasteiger partial charge in [-0.2, -0.15) is 0 Å². The van der Waals surface area contributed by atoms with Gasteiger partial charge in [-0.05, 0) is 42.2 Å². The highest BCUT2D eigenvalue weighted by atomic mass is 14.9. The zero-order valence-corrected chi connectivity index (χ0v) is 11.5. The number of hydrogen-bond donors (Lipinski definition) is 1. The van der Waals surface area contributed by atoms with E-state index in [1.165, 1.54) is 19.3 Å². The number of aromatic nitrogens is 1. The van der Waals surface area contributed by atoms with Gasteiger partial charge in [-0.25, -0.2) is 0 Å². The van der Waals surface area contributed by atoms with Crippen LogP contribution in [0.4, 0.5) is 5.69 Å². The molecule has 0 amide bonds. The van der Waals surface area contributed by atoms with Gasteiger partial charge in [-0.15, -0.1) is 0 Å². The SMILES string of the molecule is CC1(C)CC(Nc2cccnc2)CC(C)(C)C1. The minimum absolute atomic E-state index is 0.432. The van der Waals surface area contributed by atoms with Crippen molar-refractivity contribution in [3.63, 3.8) is 0 Å². The molecule has 0 spiro atoms. The quantitative estimate of drug-likeness (QED) is 0.830. The molecule has 94 valence electrons. The van der Waals surface area contributed by atoms with Gasteiger partial charge in [0.2, 0.25) is 0 Å². The Morgan fingerprint density at radius 1 is 1.18 bits per heavy atom. The highest BCUT2D eigenvalue weighted by Gasteiger charge is 2.38. The largest absolute Gasteiger partial charge is 0.381 e. The number of hydrogen-bond acceptors (Lipinski definition) is 2. The molecule has 1 saturated carbocycles. The van der Waals surface area contributed by atoms with Gasteiger partial charge in [-0.1, -0.05) is 27.7 Å². The first kappa shape index (κ1) is 12.4. The van der Waals surface area contributed by atoms with Crippen LogP contribution >= 0.6 is 0 Å². The predicted molar refractivity (Wildman–Crippen MR) is 73.1 cm³/mol. The van der Waals surface area contributed by atoms with E-state index in [1.807, 2.05) is 18.5 Å². The van der Waals surface area contributed by atoms with Crippen LogP contribution < -0.4 is 5.32 Å². The van der Waals surface area contributed by atoms with Crippen molar-refractivity contribution in [2.75, 3.05) is 5.32 Å². The second-order valence-electron chi connectivity index (χ2n) is 7.00. The lowest BCUT2D eigenvalue weighted by molar-refractivity contribution is 0.105. The van der Waals surface area contributed by atoms with Crippen molar-refractivity contribution in [2.24, 2.45) is 10.8 Å². The van der Waals surface area contributed by atoms with Crippen molar-refractivity contribution in [3.8, 4) is 0 Å². The molecule has 1 aromatic heterocycles. The van der Waals surface area contributed by atoms with Gasteiger partial charge >= 0.3 is 0 Å². The molecular weight excluding hydrogens is 208 g/mol. The van der Waals surface area contributed by atoms with Crippen molar-refractivity contribution in [1.82, 2.24) is 4.98 Å². The molecule has 0 bridgehead atoms. The molecule has 0 radical (unpaired) electrons. The Bertz CT molecular complexity index is 352. The van der Waals surface area contributed by atoms with Crippen molar-refractivity contribution in [1.29, 1.82) is 0 Å². The number of nitrogens with zero attached hydrogens (tertiary/aromatic N) is 1. The fourth-order valence-corrected chi connectivity index (χ4v) is 3.63. The Kier molecular flexibility index (Phi) is 3.15. The summed E-state index contributed by atoms with van der Waals surface area (Å²) >= 11 is 0. The lowest BCUT2D eigenvalue weighted by atomic mass is 9.63. The molecule has 0 aromatic carbocycles. The van der Waals surface area contributed by atoms with Crippen LogP contribution in [0.3, 0.4) is 0 Å². The van der Waals surface area contributed by atoms with Crippen LogP contribution in [0.5, 0.6) is 0 Å². The number of nitrogens with one attached hydrogen (secondary N) is 1. The predicted octanol–water partition coefficient (Wildman–Crippen LogP) is 4.10. The van der Waals surface area contributed by atoms with E-state index in [1.54, 1.807) is 0 Å². The Balaban J connectivity index is 2.06. The molecule has 1 fully saturated rings. The lowest BCUT2D eigenvalue weighted by Crippen LogP contribution is -2.40. The first-order valence-corrected chi connectivity index (χ1v) is 6.53. The maximum Gasteiger partial charge on any atom is 0.0528 e. The van der Waals surface area contributed by atoms with Gasteiger partial charge in [-0.3, -0.25) is 4.98 Å². The second kappa shape index (κ2) is 4.32. The second-order valence-corrected chi connectivity index (χ2v) is 7.00. The Morgan fingerprint density at radius 3 is 2.35 bits per heavy atom. The lowest BCUT2D eigenvalue weighted by Gasteiger charge is -2.45. The van der Waals surface area contributed by atoms with Crippen LogP contribution in [-0.2, 0) is 0 Å². The van der Waals surface area contributed by atoms with E-state index in [4.69, 9.17) is 0 Å². The number of anilines is 1. The first-order chi connectivity index (χ1) is 7.86. The van der Waals surface area contributed by atoms with E-state index < -0.39 is 0 Å². The zero-order chi connectivity index (χ0) is 12.5. The van der Waals surface area contributed by atoms with Gasteiger partial charge in [0.05, 0.1) is 5.69 Å². The molecule has 1 N–H and O–H groups in total.